The maximum absolute atomic E-state index is 12.6. The Morgan fingerprint density at radius 3 is 2.55 bits per heavy atom. The Balaban J connectivity index is 2.36. The Bertz CT molecular complexity index is 594. The Hall–Kier alpha value is -1.56. The van der Waals surface area contributed by atoms with Crippen molar-refractivity contribution in [2.75, 3.05) is 0 Å². The van der Waals surface area contributed by atoms with Gasteiger partial charge in [-0.15, -0.1) is 0 Å². The normalized spacial score (nSPS) is 13.1. The maximum atomic E-state index is 12.6. The van der Waals surface area contributed by atoms with Gasteiger partial charge in [-0.2, -0.15) is 13.2 Å². The van der Waals surface area contributed by atoms with E-state index in [-0.39, 0.29) is 5.54 Å². The van der Waals surface area contributed by atoms with Crippen LogP contribution in [0.15, 0.2) is 24.5 Å². The summed E-state index contributed by atoms with van der Waals surface area (Å²) in [6, 6.07) is 3.54. The summed E-state index contributed by atoms with van der Waals surface area (Å²) < 4.78 is 38.9. The molecule has 2 aromatic heterocycles. The molecule has 2 heterocycles. The SMILES string of the molecule is CC(C)(C)NCc1cn(CC(F)(F)F)c2ncccc12. The molecule has 3 nitrogen and oxygen atoms in total. The predicted octanol–water partition coefficient (Wildman–Crippen LogP) is 3.49. The molecule has 0 fully saturated rings. The highest BCUT2D eigenvalue weighted by atomic mass is 19.4. The molecule has 6 heteroatoms. The van der Waals surface area contributed by atoms with Crippen molar-refractivity contribution in [3.63, 3.8) is 0 Å². The molecule has 0 aliphatic carbocycles. The van der Waals surface area contributed by atoms with Crippen LogP contribution >= 0.6 is 0 Å². The largest absolute Gasteiger partial charge is 0.406 e. The lowest BCUT2D eigenvalue weighted by Gasteiger charge is -2.20. The number of nitrogens with zero attached hydrogens (tertiary/aromatic N) is 2. The third-order valence-electron chi connectivity index (χ3n) is 2.88. The zero-order chi connectivity index (χ0) is 15.0. The van der Waals surface area contributed by atoms with E-state index in [2.05, 4.69) is 10.3 Å². The molecular formula is C14H18F3N3. The predicted molar refractivity (Wildman–Crippen MR) is 72.4 cm³/mol. The van der Waals surface area contributed by atoms with Crippen LogP contribution in [0.1, 0.15) is 26.3 Å². The molecule has 2 rings (SSSR count). The molecule has 0 radical (unpaired) electrons. The minimum Gasteiger partial charge on any atom is -0.323 e. The fraction of sp³-hybridized carbons (Fsp3) is 0.500. The summed E-state index contributed by atoms with van der Waals surface area (Å²) in [5.41, 5.74) is 1.10. The summed E-state index contributed by atoms with van der Waals surface area (Å²) >= 11 is 0. The van der Waals surface area contributed by atoms with Crippen LogP contribution < -0.4 is 5.32 Å². The third kappa shape index (κ3) is 3.72. The van der Waals surface area contributed by atoms with E-state index in [9.17, 15) is 13.2 Å². The summed E-state index contributed by atoms with van der Waals surface area (Å²) in [6.07, 6.45) is -1.21. The van der Waals surface area contributed by atoms with Gasteiger partial charge < -0.3 is 9.88 Å². The number of halogens is 3. The number of nitrogens with one attached hydrogen (secondary N) is 1. The molecule has 0 saturated carbocycles. The molecular weight excluding hydrogens is 267 g/mol. The van der Waals surface area contributed by atoms with Crippen molar-refractivity contribution in [2.45, 2.75) is 45.6 Å². The van der Waals surface area contributed by atoms with Gasteiger partial charge in [0.1, 0.15) is 12.2 Å². The van der Waals surface area contributed by atoms with Gasteiger partial charge in [-0.25, -0.2) is 4.98 Å². The summed E-state index contributed by atoms with van der Waals surface area (Å²) in [4.78, 5) is 4.07. The molecule has 0 bridgehead atoms. The molecule has 0 aliphatic rings. The minimum atomic E-state index is -4.25. The van der Waals surface area contributed by atoms with Crippen LogP contribution in [0.25, 0.3) is 11.0 Å². The van der Waals surface area contributed by atoms with Crippen LogP contribution in [-0.4, -0.2) is 21.3 Å². The lowest BCUT2D eigenvalue weighted by atomic mass is 10.1. The van der Waals surface area contributed by atoms with E-state index in [0.717, 1.165) is 15.5 Å². The van der Waals surface area contributed by atoms with Crippen LogP contribution in [0.5, 0.6) is 0 Å². The second-order valence-corrected chi connectivity index (χ2v) is 5.88. The van der Waals surface area contributed by atoms with E-state index >= 15 is 0 Å². The fourth-order valence-electron chi connectivity index (χ4n) is 2.01. The number of fused-ring (bicyclic) bond motifs is 1. The number of hydrogen-bond acceptors (Lipinski definition) is 2. The van der Waals surface area contributed by atoms with Crippen molar-refractivity contribution in [3.8, 4) is 0 Å². The lowest BCUT2D eigenvalue weighted by Crippen LogP contribution is -2.35. The molecule has 1 N–H and O–H groups in total. The van der Waals surface area contributed by atoms with Crippen LogP contribution in [0, 0.1) is 0 Å². The number of pyridine rings is 1. The zero-order valence-corrected chi connectivity index (χ0v) is 11.8. The number of aromatic nitrogens is 2. The van der Waals surface area contributed by atoms with Crippen molar-refractivity contribution >= 4 is 11.0 Å². The van der Waals surface area contributed by atoms with Crippen LogP contribution in [0.4, 0.5) is 13.2 Å². The Kier molecular flexibility index (Phi) is 3.77. The van der Waals surface area contributed by atoms with Crippen molar-refractivity contribution in [1.82, 2.24) is 14.9 Å². The molecule has 0 amide bonds. The maximum Gasteiger partial charge on any atom is 0.406 e. The second kappa shape index (κ2) is 5.09. The van der Waals surface area contributed by atoms with E-state index in [4.69, 9.17) is 0 Å². The molecule has 2 aromatic rings. The first-order valence-electron chi connectivity index (χ1n) is 6.40. The fourth-order valence-corrected chi connectivity index (χ4v) is 2.01. The molecule has 0 aromatic carbocycles. The highest BCUT2D eigenvalue weighted by Gasteiger charge is 2.29. The van der Waals surface area contributed by atoms with Gasteiger partial charge in [-0.3, -0.25) is 0 Å². The lowest BCUT2D eigenvalue weighted by molar-refractivity contribution is -0.139. The van der Waals surface area contributed by atoms with Crippen molar-refractivity contribution in [1.29, 1.82) is 0 Å². The van der Waals surface area contributed by atoms with Crippen molar-refractivity contribution < 1.29 is 13.2 Å². The summed E-state index contributed by atoms with van der Waals surface area (Å²) in [5, 5.41) is 4.04. The average molecular weight is 285 g/mol. The smallest absolute Gasteiger partial charge is 0.323 e. The molecule has 0 atom stereocenters. The van der Waals surface area contributed by atoms with E-state index in [1.54, 1.807) is 12.1 Å². The van der Waals surface area contributed by atoms with Gasteiger partial charge in [0.2, 0.25) is 0 Å². The summed E-state index contributed by atoms with van der Waals surface area (Å²) in [6.45, 7) is 5.53. The van der Waals surface area contributed by atoms with Crippen LogP contribution in [0.3, 0.4) is 0 Å². The molecule has 0 saturated heterocycles. The topological polar surface area (TPSA) is 29.9 Å². The van der Waals surface area contributed by atoms with Gasteiger partial charge >= 0.3 is 6.18 Å². The first kappa shape index (κ1) is 14.8. The van der Waals surface area contributed by atoms with Gasteiger partial charge in [-0.05, 0) is 38.5 Å². The number of rotatable bonds is 3. The zero-order valence-electron chi connectivity index (χ0n) is 11.8. The van der Waals surface area contributed by atoms with Gasteiger partial charge in [0.15, 0.2) is 0 Å². The van der Waals surface area contributed by atoms with Gasteiger partial charge in [0, 0.05) is 29.9 Å². The van der Waals surface area contributed by atoms with E-state index < -0.39 is 12.7 Å². The third-order valence-corrected chi connectivity index (χ3v) is 2.88. The Labute approximate surface area is 115 Å². The Morgan fingerprint density at radius 1 is 1.25 bits per heavy atom. The minimum absolute atomic E-state index is 0.0966. The van der Waals surface area contributed by atoms with Gasteiger partial charge in [0.25, 0.3) is 0 Å². The molecule has 110 valence electrons. The molecule has 0 spiro atoms. The van der Waals surface area contributed by atoms with E-state index in [1.165, 1.54) is 12.4 Å². The quantitative estimate of drug-likeness (QED) is 0.935. The number of hydrogen-bond donors (Lipinski definition) is 1. The monoisotopic (exact) mass is 285 g/mol. The highest BCUT2D eigenvalue weighted by molar-refractivity contribution is 5.80. The summed E-state index contributed by atoms with van der Waals surface area (Å²) in [7, 11) is 0. The van der Waals surface area contributed by atoms with E-state index in [0.29, 0.717) is 12.2 Å². The van der Waals surface area contributed by atoms with Crippen LogP contribution in [-0.2, 0) is 13.1 Å². The summed E-state index contributed by atoms with van der Waals surface area (Å²) in [5.74, 6) is 0. The van der Waals surface area contributed by atoms with Gasteiger partial charge in [0.05, 0.1) is 0 Å². The molecule has 0 aliphatic heterocycles. The molecule has 20 heavy (non-hydrogen) atoms. The number of alkyl halides is 3. The average Bonchev–Trinajstić information content (AvgIpc) is 2.62. The first-order chi connectivity index (χ1) is 9.16. The van der Waals surface area contributed by atoms with Crippen molar-refractivity contribution in [3.05, 3.63) is 30.1 Å². The van der Waals surface area contributed by atoms with Crippen molar-refractivity contribution in [2.24, 2.45) is 0 Å². The Morgan fingerprint density at radius 2 is 1.95 bits per heavy atom. The molecule has 0 unspecified atom stereocenters. The first-order valence-corrected chi connectivity index (χ1v) is 6.40. The van der Waals surface area contributed by atoms with Gasteiger partial charge in [-0.1, -0.05) is 0 Å². The highest BCUT2D eigenvalue weighted by Crippen LogP contribution is 2.24. The standard InChI is InChI=1S/C14H18F3N3/c1-13(2,3)19-7-10-8-20(9-14(15,16)17)12-11(10)5-4-6-18-12/h4-6,8,19H,7,9H2,1-3H3. The second-order valence-electron chi connectivity index (χ2n) is 5.88. The van der Waals surface area contributed by atoms with E-state index in [1.807, 2.05) is 20.8 Å². The van der Waals surface area contributed by atoms with Crippen LogP contribution in [0.2, 0.25) is 0 Å².